The first-order chi connectivity index (χ1) is 15.4. The highest BCUT2D eigenvalue weighted by Crippen LogP contribution is 2.34. The van der Waals surface area contributed by atoms with Crippen LogP contribution in [0.1, 0.15) is 20.8 Å². The molecule has 32 heavy (non-hydrogen) atoms. The summed E-state index contributed by atoms with van der Waals surface area (Å²) in [7, 11) is -1.23. The van der Waals surface area contributed by atoms with Crippen molar-refractivity contribution in [3.05, 3.63) is 93.0 Å². The van der Waals surface area contributed by atoms with Crippen molar-refractivity contribution in [2.75, 3.05) is 11.1 Å². The van der Waals surface area contributed by atoms with Gasteiger partial charge in [0.1, 0.15) is 10.7 Å². The molecule has 0 radical (unpaired) electrons. The number of rotatable bonds is 7. The predicted molar refractivity (Wildman–Crippen MR) is 130 cm³/mol. The zero-order chi connectivity index (χ0) is 22.7. The number of nitrogens with two attached hydrogens (primary N) is 1. The molecule has 0 fully saturated rings. The summed E-state index contributed by atoms with van der Waals surface area (Å²) >= 11 is 13.4. The fraction of sp³-hybridized carbons (Fsp3) is 0.0455. The number of ketones is 1. The summed E-state index contributed by atoms with van der Waals surface area (Å²) in [6, 6.07) is 15.7. The van der Waals surface area contributed by atoms with Crippen molar-refractivity contribution in [1.29, 1.82) is 0 Å². The number of nitrogens with zero attached hydrogens (tertiary/aromatic N) is 2. The van der Waals surface area contributed by atoms with Gasteiger partial charge in [0.05, 0.1) is 32.2 Å². The number of thiazole rings is 1. The summed E-state index contributed by atoms with van der Waals surface area (Å²) in [5.41, 5.74) is 7.79. The molecule has 2 heterocycles. The van der Waals surface area contributed by atoms with E-state index in [-0.39, 0.29) is 26.3 Å². The van der Waals surface area contributed by atoms with Crippen LogP contribution >= 0.6 is 34.5 Å². The van der Waals surface area contributed by atoms with E-state index < -0.39 is 16.6 Å². The topological polar surface area (TPSA) is 98.0 Å². The second-order valence-corrected chi connectivity index (χ2v) is 9.92. The second kappa shape index (κ2) is 9.79. The average Bonchev–Trinajstić information content (AvgIpc) is 3.14. The van der Waals surface area contributed by atoms with Crippen molar-refractivity contribution in [2.24, 2.45) is 0 Å². The van der Waals surface area contributed by atoms with Crippen molar-refractivity contribution in [3.63, 3.8) is 0 Å². The van der Waals surface area contributed by atoms with Crippen molar-refractivity contribution in [2.45, 2.75) is 10.6 Å². The number of halogens is 2. The number of carbonyl (C=O) groups is 1. The number of nitrogens with one attached hydrogen (secondary N) is 1. The zero-order valence-electron chi connectivity index (χ0n) is 16.4. The Bertz CT molecular complexity index is 1290. The first kappa shape index (κ1) is 22.4. The molecule has 0 bridgehead atoms. The number of nitrogen functional groups attached to an aromatic ring is 1. The lowest BCUT2D eigenvalue weighted by Crippen LogP contribution is -2.04. The van der Waals surface area contributed by atoms with Crippen LogP contribution in [0.5, 0.6) is 0 Å². The lowest BCUT2D eigenvalue weighted by atomic mass is 10.1. The van der Waals surface area contributed by atoms with Crippen LogP contribution in [0.15, 0.2) is 71.9 Å². The molecular weight excluding hydrogens is 487 g/mol. The van der Waals surface area contributed by atoms with E-state index in [2.05, 4.69) is 15.3 Å². The van der Waals surface area contributed by atoms with Crippen LogP contribution < -0.4 is 11.1 Å². The summed E-state index contributed by atoms with van der Waals surface area (Å²) in [4.78, 5) is 22.1. The third-order valence-corrected chi connectivity index (χ3v) is 7.44. The number of carbonyl (C=O) groups excluding carboxylic acids is 1. The lowest BCUT2D eigenvalue weighted by molar-refractivity contribution is 0.104. The number of benzene rings is 2. The van der Waals surface area contributed by atoms with Crippen molar-refractivity contribution >= 4 is 67.8 Å². The quantitative estimate of drug-likeness (QED) is 0.314. The summed E-state index contributed by atoms with van der Waals surface area (Å²) in [5, 5.41) is 4.04. The highest BCUT2D eigenvalue weighted by Gasteiger charge is 2.22. The second-order valence-electron chi connectivity index (χ2n) is 6.66. The van der Waals surface area contributed by atoms with Crippen LogP contribution in [0.25, 0.3) is 0 Å². The first-order valence-electron chi connectivity index (χ1n) is 9.32. The fourth-order valence-electron chi connectivity index (χ4n) is 2.93. The van der Waals surface area contributed by atoms with Crippen molar-refractivity contribution in [3.8, 4) is 0 Å². The Hall–Kier alpha value is -2.78. The van der Waals surface area contributed by atoms with E-state index in [1.54, 1.807) is 48.8 Å². The summed E-state index contributed by atoms with van der Waals surface area (Å²) in [6.45, 7) is 0. The fourth-order valence-corrected chi connectivity index (χ4v) is 5.50. The van der Waals surface area contributed by atoms with Gasteiger partial charge in [0.15, 0.2) is 5.13 Å². The Kier molecular flexibility index (Phi) is 6.86. The van der Waals surface area contributed by atoms with Crippen LogP contribution in [-0.4, -0.2) is 20.0 Å². The number of anilines is 3. The van der Waals surface area contributed by atoms with Gasteiger partial charge in [-0.2, -0.15) is 0 Å². The summed E-state index contributed by atoms with van der Waals surface area (Å²) in [5.74, 6) is 0.0692. The number of hydrogen-bond donors (Lipinski definition) is 2. The smallest absolute Gasteiger partial charge is 0.209 e. The van der Waals surface area contributed by atoms with Gasteiger partial charge in [0, 0.05) is 23.0 Å². The van der Waals surface area contributed by atoms with Crippen LogP contribution in [0.4, 0.5) is 16.6 Å². The van der Waals surface area contributed by atoms with Gasteiger partial charge in [-0.15, -0.1) is 0 Å². The average molecular weight is 503 g/mol. The summed E-state index contributed by atoms with van der Waals surface area (Å²) in [6.07, 6.45) is 3.35. The van der Waals surface area contributed by atoms with Crippen LogP contribution in [0.3, 0.4) is 0 Å². The van der Waals surface area contributed by atoms with Gasteiger partial charge < -0.3 is 11.1 Å². The van der Waals surface area contributed by atoms with E-state index in [1.165, 1.54) is 0 Å². The minimum Gasteiger partial charge on any atom is -0.382 e. The SMILES string of the molecule is Nc1nc(Nc2cccc(S(=O)Cc3ccncc3)c2)sc1C(=O)c1c(Cl)cccc1Cl. The van der Waals surface area contributed by atoms with Crippen LogP contribution in [-0.2, 0) is 16.6 Å². The summed E-state index contributed by atoms with van der Waals surface area (Å²) < 4.78 is 12.7. The Labute approximate surface area is 200 Å². The Morgan fingerprint density at radius 1 is 1.06 bits per heavy atom. The number of hydrogen-bond acceptors (Lipinski definition) is 7. The molecule has 3 N–H and O–H groups in total. The molecule has 6 nitrogen and oxygen atoms in total. The Balaban J connectivity index is 1.54. The minimum atomic E-state index is -1.23. The van der Waals surface area contributed by atoms with Gasteiger partial charge >= 0.3 is 0 Å². The molecular formula is C22H16Cl2N4O2S2. The molecule has 4 rings (SSSR count). The third-order valence-electron chi connectivity index (χ3n) is 4.44. The molecule has 1 unspecified atom stereocenters. The maximum Gasteiger partial charge on any atom is 0.209 e. The first-order valence-corrected chi connectivity index (χ1v) is 12.2. The minimum absolute atomic E-state index is 0.0795. The highest BCUT2D eigenvalue weighted by molar-refractivity contribution is 7.84. The third kappa shape index (κ3) is 4.99. The van der Waals surface area contributed by atoms with Gasteiger partial charge in [-0.25, -0.2) is 4.98 Å². The Morgan fingerprint density at radius 2 is 1.75 bits per heavy atom. The lowest BCUT2D eigenvalue weighted by Gasteiger charge is -2.06. The number of pyridine rings is 1. The molecule has 10 heteroatoms. The molecule has 162 valence electrons. The van der Waals surface area contributed by atoms with E-state index >= 15 is 0 Å². The van der Waals surface area contributed by atoms with E-state index in [9.17, 15) is 9.00 Å². The van der Waals surface area contributed by atoms with Crippen molar-refractivity contribution in [1.82, 2.24) is 9.97 Å². The molecule has 0 amide bonds. The molecule has 2 aromatic carbocycles. The molecule has 0 aliphatic carbocycles. The number of aromatic nitrogens is 2. The van der Waals surface area contributed by atoms with E-state index in [0.29, 0.717) is 21.5 Å². The molecule has 2 aromatic heterocycles. The predicted octanol–water partition coefficient (Wildman–Crippen LogP) is 5.71. The van der Waals surface area contributed by atoms with E-state index in [0.717, 1.165) is 16.9 Å². The van der Waals surface area contributed by atoms with Gasteiger partial charge in [-0.3, -0.25) is 14.0 Å². The molecule has 0 aliphatic heterocycles. The standard InChI is InChI=1S/C22H16Cl2N4O2S2/c23-16-5-2-6-17(24)18(16)19(29)20-21(25)28-22(31-20)27-14-3-1-4-15(11-14)32(30)12-13-7-9-26-10-8-13/h1-11H,12,25H2,(H,27,28). The Morgan fingerprint density at radius 3 is 2.47 bits per heavy atom. The van der Waals surface area contributed by atoms with Gasteiger partial charge in [0.25, 0.3) is 0 Å². The van der Waals surface area contributed by atoms with Crippen LogP contribution in [0.2, 0.25) is 10.0 Å². The highest BCUT2D eigenvalue weighted by atomic mass is 35.5. The maximum atomic E-state index is 12.9. The molecule has 1 atom stereocenters. The molecule has 0 saturated heterocycles. The zero-order valence-corrected chi connectivity index (χ0v) is 19.6. The van der Waals surface area contributed by atoms with Crippen LogP contribution in [0, 0.1) is 0 Å². The molecule has 0 spiro atoms. The molecule has 0 aliphatic rings. The van der Waals surface area contributed by atoms with Gasteiger partial charge in [-0.1, -0.05) is 46.7 Å². The van der Waals surface area contributed by atoms with E-state index in [1.807, 2.05) is 18.2 Å². The monoisotopic (exact) mass is 502 g/mol. The van der Waals surface area contributed by atoms with E-state index in [4.69, 9.17) is 28.9 Å². The van der Waals surface area contributed by atoms with Gasteiger partial charge in [0.2, 0.25) is 5.78 Å². The molecule has 4 aromatic rings. The largest absolute Gasteiger partial charge is 0.382 e. The molecule has 0 saturated carbocycles. The normalized spacial score (nSPS) is 11.8. The van der Waals surface area contributed by atoms with Gasteiger partial charge in [-0.05, 0) is 48.0 Å². The maximum absolute atomic E-state index is 12.9. The van der Waals surface area contributed by atoms with Crippen molar-refractivity contribution < 1.29 is 9.00 Å².